The predicted molar refractivity (Wildman–Crippen MR) is 109 cm³/mol. The number of hydrogen-bond acceptors (Lipinski definition) is 5. The SMILES string of the molecule is COc1ccc(NC(=O)c2ccc(S(=O)(=O)N(C)C(C)C)cc2)cc1N.Cl. The molecule has 2 aromatic carbocycles. The molecule has 0 saturated carbocycles. The number of methoxy groups -OCH3 is 1. The van der Waals surface area contributed by atoms with E-state index in [9.17, 15) is 13.2 Å². The first-order valence-corrected chi connectivity index (χ1v) is 9.43. The maximum Gasteiger partial charge on any atom is 0.255 e. The second-order valence-corrected chi connectivity index (χ2v) is 8.05. The Bertz CT molecular complexity index is 899. The monoisotopic (exact) mass is 413 g/mol. The Hall–Kier alpha value is -2.29. The molecule has 0 aliphatic carbocycles. The molecule has 2 rings (SSSR count). The largest absolute Gasteiger partial charge is 0.495 e. The van der Waals surface area contributed by atoms with E-state index in [-0.39, 0.29) is 29.3 Å². The molecule has 0 spiro atoms. The molecule has 0 saturated heterocycles. The van der Waals surface area contributed by atoms with Gasteiger partial charge in [0.25, 0.3) is 5.91 Å². The summed E-state index contributed by atoms with van der Waals surface area (Å²) in [5.41, 5.74) is 7.08. The number of amides is 1. The van der Waals surface area contributed by atoms with Gasteiger partial charge in [-0.1, -0.05) is 0 Å². The van der Waals surface area contributed by atoms with Gasteiger partial charge in [0.2, 0.25) is 10.0 Å². The highest BCUT2D eigenvalue weighted by Crippen LogP contribution is 2.25. The van der Waals surface area contributed by atoms with E-state index in [1.165, 1.54) is 42.7 Å². The molecular formula is C18H24ClN3O4S. The lowest BCUT2D eigenvalue weighted by molar-refractivity contribution is 0.102. The van der Waals surface area contributed by atoms with Gasteiger partial charge in [-0.2, -0.15) is 4.31 Å². The van der Waals surface area contributed by atoms with Gasteiger partial charge >= 0.3 is 0 Å². The van der Waals surface area contributed by atoms with Crippen molar-refractivity contribution in [3.63, 3.8) is 0 Å². The molecule has 0 bridgehead atoms. The van der Waals surface area contributed by atoms with Gasteiger partial charge in [0.05, 0.1) is 17.7 Å². The number of anilines is 2. The summed E-state index contributed by atoms with van der Waals surface area (Å²) in [6.45, 7) is 3.58. The number of ether oxygens (including phenoxy) is 1. The summed E-state index contributed by atoms with van der Waals surface area (Å²) >= 11 is 0. The molecule has 1 amide bonds. The van der Waals surface area contributed by atoms with Crippen molar-refractivity contribution in [1.82, 2.24) is 4.31 Å². The molecule has 0 aliphatic heterocycles. The highest BCUT2D eigenvalue weighted by atomic mass is 35.5. The molecule has 0 unspecified atom stereocenters. The summed E-state index contributed by atoms with van der Waals surface area (Å²) in [6, 6.07) is 10.5. The number of nitrogens with two attached hydrogens (primary N) is 1. The van der Waals surface area contributed by atoms with Gasteiger partial charge in [0, 0.05) is 24.3 Å². The Kier molecular flexibility index (Phi) is 7.65. The molecule has 3 N–H and O–H groups in total. The average molecular weight is 414 g/mol. The van der Waals surface area contributed by atoms with E-state index in [2.05, 4.69) is 5.32 Å². The summed E-state index contributed by atoms with van der Waals surface area (Å²) in [5.74, 6) is 0.155. The van der Waals surface area contributed by atoms with Crippen LogP contribution >= 0.6 is 12.4 Å². The van der Waals surface area contributed by atoms with Crippen LogP contribution in [0.5, 0.6) is 5.75 Å². The van der Waals surface area contributed by atoms with Crippen LogP contribution in [0.1, 0.15) is 24.2 Å². The Morgan fingerprint density at radius 1 is 1.15 bits per heavy atom. The second kappa shape index (κ2) is 9.07. The van der Waals surface area contributed by atoms with Gasteiger partial charge in [0.1, 0.15) is 5.75 Å². The summed E-state index contributed by atoms with van der Waals surface area (Å²) in [6.07, 6.45) is 0. The normalized spacial score (nSPS) is 11.2. The number of sulfonamides is 1. The van der Waals surface area contributed by atoms with E-state index in [0.717, 1.165) is 0 Å². The first-order chi connectivity index (χ1) is 12.2. The van der Waals surface area contributed by atoms with E-state index in [4.69, 9.17) is 10.5 Å². The molecule has 0 heterocycles. The van der Waals surface area contributed by atoms with Crippen LogP contribution in [-0.2, 0) is 10.0 Å². The highest BCUT2D eigenvalue weighted by molar-refractivity contribution is 7.89. The number of nitrogen functional groups attached to an aromatic ring is 1. The number of carbonyl (C=O) groups excluding carboxylic acids is 1. The van der Waals surface area contributed by atoms with E-state index < -0.39 is 10.0 Å². The summed E-state index contributed by atoms with van der Waals surface area (Å²) in [7, 11) is -0.549. The zero-order valence-electron chi connectivity index (χ0n) is 15.6. The minimum atomic E-state index is -3.58. The van der Waals surface area contributed by atoms with Crippen molar-refractivity contribution in [3.8, 4) is 5.75 Å². The maximum atomic E-state index is 12.4. The van der Waals surface area contributed by atoms with Gasteiger partial charge in [-0.3, -0.25) is 4.79 Å². The number of rotatable bonds is 6. The van der Waals surface area contributed by atoms with Crippen LogP contribution in [0.3, 0.4) is 0 Å². The molecule has 0 radical (unpaired) electrons. The first-order valence-electron chi connectivity index (χ1n) is 7.99. The van der Waals surface area contributed by atoms with Crippen molar-refractivity contribution in [1.29, 1.82) is 0 Å². The Balaban J connectivity index is 0.00000364. The number of hydrogen-bond donors (Lipinski definition) is 2. The number of nitrogens with one attached hydrogen (secondary N) is 1. The first kappa shape index (κ1) is 22.8. The third kappa shape index (κ3) is 5.12. The minimum Gasteiger partial charge on any atom is -0.495 e. The fourth-order valence-electron chi connectivity index (χ4n) is 2.24. The predicted octanol–water partition coefficient (Wildman–Crippen LogP) is 2.98. The molecule has 0 atom stereocenters. The lowest BCUT2D eigenvalue weighted by Gasteiger charge is -2.21. The van der Waals surface area contributed by atoms with Gasteiger partial charge in [-0.15, -0.1) is 12.4 Å². The Morgan fingerprint density at radius 3 is 2.22 bits per heavy atom. The average Bonchev–Trinajstić information content (AvgIpc) is 2.61. The van der Waals surface area contributed by atoms with E-state index in [0.29, 0.717) is 22.7 Å². The fraction of sp³-hybridized carbons (Fsp3) is 0.278. The van der Waals surface area contributed by atoms with Crippen LogP contribution in [-0.4, -0.2) is 38.8 Å². The Labute approximate surface area is 166 Å². The molecule has 0 fully saturated rings. The van der Waals surface area contributed by atoms with Gasteiger partial charge in [-0.05, 0) is 56.3 Å². The van der Waals surface area contributed by atoms with Crippen molar-refractivity contribution in [2.75, 3.05) is 25.2 Å². The van der Waals surface area contributed by atoms with Gasteiger partial charge in [-0.25, -0.2) is 8.42 Å². The molecule has 2 aromatic rings. The number of carbonyl (C=O) groups is 1. The lowest BCUT2D eigenvalue weighted by Crippen LogP contribution is -2.33. The number of halogens is 1. The minimum absolute atomic E-state index is 0. The molecule has 7 nitrogen and oxygen atoms in total. The van der Waals surface area contributed by atoms with Crippen LogP contribution in [0.15, 0.2) is 47.4 Å². The third-order valence-corrected chi connectivity index (χ3v) is 6.06. The van der Waals surface area contributed by atoms with Crippen LogP contribution in [0, 0.1) is 0 Å². The number of benzene rings is 2. The fourth-order valence-corrected chi connectivity index (χ4v) is 3.61. The molecule has 148 valence electrons. The number of nitrogens with zero attached hydrogens (tertiary/aromatic N) is 1. The molecular weight excluding hydrogens is 390 g/mol. The van der Waals surface area contributed by atoms with Crippen molar-refractivity contribution in [2.45, 2.75) is 24.8 Å². The van der Waals surface area contributed by atoms with Crippen molar-refractivity contribution in [3.05, 3.63) is 48.0 Å². The maximum absolute atomic E-state index is 12.4. The lowest BCUT2D eigenvalue weighted by atomic mass is 10.2. The van der Waals surface area contributed by atoms with Crippen LogP contribution in [0.25, 0.3) is 0 Å². The van der Waals surface area contributed by atoms with E-state index in [1.807, 2.05) is 0 Å². The summed E-state index contributed by atoms with van der Waals surface area (Å²) in [4.78, 5) is 12.5. The van der Waals surface area contributed by atoms with Crippen molar-refractivity contribution < 1.29 is 17.9 Å². The molecule has 0 aliphatic rings. The summed E-state index contributed by atoms with van der Waals surface area (Å²) < 4.78 is 31.2. The van der Waals surface area contributed by atoms with E-state index in [1.54, 1.807) is 32.0 Å². The van der Waals surface area contributed by atoms with Crippen molar-refractivity contribution >= 4 is 39.7 Å². The molecule has 9 heteroatoms. The quantitative estimate of drug-likeness (QED) is 0.709. The van der Waals surface area contributed by atoms with Crippen LogP contribution < -0.4 is 15.8 Å². The summed E-state index contributed by atoms with van der Waals surface area (Å²) in [5, 5.41) is 2.72. The highest BCUT2D eigenvalue weighted by Gasteiger charge is 2.23. The van der Waals surface area contributed by atoms with E-state index >= 15 is 0 Å². The van der Waals surface area contributed by atoms with Crippen molar-refractivity contribution in [2.24, 2.45) is 0 Å². The molecule has 0 aromatic heterocycles. The second-order valence-electron chi connectivity index (χ2n) is 6.05. The standard InChI is InChI=1S/C18H23N3O4S.ClH/c1-12(2)21(3)26(23,24)15-8-5-13(6-9-15)18(22)20-14-7-10-17(25-4)16(19)11-14;/h5-12H,19H2,1-4H3,(H,20,22);1H. The zero-order chi connectivity index (χ0) is 19.5. The topological polar surface area (TPSA) is 102 Å². The van der Waals surface area contributed by atoms with Crippen LogP contribution in [0.4, 0.5) is 11.4 Å². The zero-order valence-corrected chi connectivity index (χ0v) is 17.2. The third-order valence-electron chi connectivity index (χ3n) is 4.01. The van der Waals surface area contributed by atoms with Gasteiger partial charge in [0.15, 0.2) is 0 Å². The van der Waals surface area contributed by atoms with Crippen LogP contribution in [0.2, 0.25) is 0 Å². The van der Waals surface area contributed by atoms with Gasteiger partial charge < -0.3 is 15.8 Å². The molecule has 27 heavy (non-hydrogen) atoms. The Morgan fingerprint density at radius 2 is 1.74 bits per heavy atom. The smallest absolute Gasteiger partial charge is 0.255 e.